The van der Waals surface area contributed by atoms with Crippen molar-refractivity contribution in [2.75, 3.05) is 59.5 Å². The van der Waals surface area contributed by atoms with Crippen molar-refractivity contribution in [1.82, 2.24) is 0 Å². The minimum atomic E-state index is -0.360. The first-order valence-electron chi connectivity index (χ1n) is 29.4. The molecule has 0 saturated heterocycles. The Hall–Kier alpha value is -7.01. The summed E-state index contributed by atoms with van der Waals surface area (Å²) in [6, 6.07) is 28.1. The van der Waals surface area contributed by atoms with E-state index in [1.807, 2.05) is 97.9 Å². The van der Waals surface area contributed by atoms with Crippen LogP contribution in [0.1, 0.15) is 180 Å². The van der Waals surface area contributed by atoms with E-state index in [0.717, 1.165) is 103 Å². The number of carbonyl (C=O) groups is 1. The number of esters is 1. The van der Waals surface area contributed by atoms with E-state index in [2.05, 4.69) is 49.4 Å². The minimum Gasteiger partial charge on any atom is -0.508 e. The van der Waals surface area contributed by atoms with Crippen LogP contribution < -0.4 is 37.9 Å². The molecule has 1 N–H and O–H groups in total. The van der Waals surface area contributed by atoms with Crippen LogP contribution in [0.15, 0.2) is 84.9 Å². The number of unbranched alkanes of at least 4 members (excludes halogenated alkanes) is 7. The van der Waals surface area contributed by atoms with Crippen molar-refractivity contribution in [1.29, 1.82) is 0 Å². The number of phenolic OH excluding ortho intramolecular Hbond substituents is 1. The molecule has 10 aliphatic carbocycles. The predicted octanol–water partition coefficient (Wildman–Crippen LogP) is 15.8. The largest absolute Gasteiger partial charge is 0.508 e. The summed E-state index contributed by atoms with van der Waals surface area (Å²) in [4.78, 5) is 13.8. The molecule has 0 atom stereocenters. The number of carbonyl (C=O) groups excluding carboxylic acids is 1. The van der Waals surface area contributed by atoms with Crippen molar-refractivity contribution in [2.45, 2.75) is 146 Å². The van der Waals surface area contributed by atoms with E-state index < -0.39 is 0 Å². The standard InChI is InChI=1S/C68H86O11/c1-10-19-20-21-22-23-24-25-29-79-68(70)47-28-26-27-46(30-47)58-36-49-32-51-39-63(74-14-5)53(41-61(51)72-12-3)34-55-43-67(78-18-9)57(45-65(55)76-16-7)35-56-44-64(75-15-6)54(42-66(56)77-17-8)33-52-40-60(71-11-2)50(38-62(52)73-13-4)31-48(58)37-59(49)69/h26-28,30,36-45,69H,10-25,29,31-35H2,1-9H3. The molecule has 10 bridgehead atoms. The average Bonchev–Trinajstić information content (AvgIpc) is 3.56. The summed E-state index contributed by atoms with van der Waals surface area (Å²) in [5, 5.41) is 12.3. The molecule has 0 spiro atoms. The quantitative estimate of drug-likeness (QED) is 0.0391. The zero-order valence-electron chi connectivity index (χ0n) is 48.7. The third-order valence-corrected chi connectivity index (χ3v) is 14.2. The Morgan fingerprint density at radius 3 is 1.03 bits per heavy atom. The first-order chi connectivity index (χ1) is 38.6. The van der Waals surface area contributed by atoms with Gasteiger partial charge in [-0.1, -0.05) is 64.0 Å². The van der Waals surface area contributed by atoms with E-state index in [0.29, 0.717) is 126 Å². The predicted molar refractivity (Wildman–Crippen MR) is 316 cm³/mol. The molecule has 0 saturated carbocycles. The zero-order chi connectivity index (χ0) is 56.1. The highest BCUT2D eigenvalue weighted by molar-refractivity contribution is 5.91. The smallest absolute Gasteiger partial charge is 0.338 e. The lowest BCUT2D eigenvalue weighted by molar-refractivity contribution is 0.0497. The molecule has 0 aliphatic heterocycles. The Morgan fingerprint density at radius 1 is 0.367 bits per heavy atom. The third-order valence-electron chi connectivity index (χ3n) is 14.2. The molecule has 0 amide bonds. The van der Waals surface area contributed by atoms with E-state index in [1.54, 1.807) is 0 Å². The van der Waals surface area contributed by atoms with E-state index in [4.69, 9.17) is 42.6 Å². The van der Waals surface area contributed by atoms with Gasteiger partial charge in [0.15, 0.2) is 0 Å². The maximum atomic E-state index is 13.8. The van der Waals surface area contributed by atoms with Crippen molar-refractivity contribution < 1.29 is 52.5 Å². The molecule has 0 unspecified atom stereocenters. The van der Waals surface area contributed by atoms with Crippen LogP contribution in [0.3, 0.4) is 0 Å². The van der Waals surface area contributed by atoms with Crippen LogP contribution >= 0.6 is 0 Å². The molecule has 424 valence electrons. The lowest BCUT2D eigenvalue weighted by Crippen LogP contribution is -2.08. The fourth-order valence-corrected chi connectivity index (χ4v) is 10.6. The second kappa shape index (κ2) is 30.4. The maximum Gasteiger partial charge on any atom is 0.338 e. The number of rotatable bonds is 27. The molecule has 0 radical (unpaired) electrons. The summed E-state index contributed by atoms with van der Waals surface area (Å²) in [5.74, 6) is 5.53. The molecule has 6 aromatic carbocycles. The third kappa shape index (κ3) is 15.9. The second-order valence-corrected chi connectivity index (χ2v) is 19.9. The summed E-state index contributed by atoms with van der Waals surface area (Å²) in [6.07, 6.45) is 11.4. The van der Waals surface area contributed by atoms with Crippen molar-refractivity contribution >= 4 is 5.97 Å². The van der Waals surface area contributed by atoms with E-state index in [1.165, 1.54) is 32.1 Å². The number of benzene rings is 6. The van der Waals surface area contributed by atoms with Gasteiger partial charge >= 0.3 is 5.97 Å². The first-order valence-corrected chi connectivity index (χ1v) is 29.4. The summed E-state index contributed by atoms with van der Waals surface area (Å²) in [7, 11) is 0. The number of aromatic hydroxyl groups is 1. The van der Waals surface area contributed by atoms with Crippen LogP contribution in [0.5, 0.6) is 51.7 Å². The Labute approximate surface area is 470 Å². The minimum absolute atomic E-state index is 0.121. The van der Waals surface area contributed by atoms with Gasteiger partial charge in [-0.2, -0.15) is 0 Å². The monoisotopic (exact) mass is 1080 g/mol. The van der Waals surface area contributed by atoms with Gasteiger partial charge < -0.3 is 47.7 Å². The summed E-state index contributed by atoms with van der Waals surface area (Å²) >= 11 is 0. The fourth-order valence-electron chi connectivity index (χ4n) is 10.6. The van der Waals surface area contributed by atoms with Gasteiger partial charge in [0, 0.05) is 76.6 Å². The number of phenols is 1. The van der Waals surface area contributed by atoms with Gasteiger partial charge in [0.1, 0.15) is 51.7 Å². The van der Waals surface area contributed by atoms with Crippen molar-refractivity contribution in [2.24, 2.45) is 0 Å². The molecule has 0 aromatic heterocycles. The van der Waals surface area contributed by atoms with Crippen molar-refractivity contribution in [3.63, 3.8) is 0 Å². The molecule has 6 aromatic rings. The van der Waals surface area contributed by atoms with Gasteiger partial charge in [0.05, 0.1) is 65.0 Å². The fraction of sp³-hybridized carbons (Fsp3) is 0.456. The van der Waals surface area contributed by atoms with Gasteiger partial charge in [-0.25, -0.2) is 4.79 Å². The zero-order valence-corrected chi connectivity index (χ0v) is 48.7. The molecular formula is C68H86O11. The molecule has 0 fully saturated rings. The Kier molecular flexibility index (Phi) is 22.9. The Morgan fingerprint density at radius 2 is 0.684 bits per heavy atom. The SMILES string of the molecule is CCCCCCCCCCOC(=O)c1cccc(-c2cc3c(O)cc2Cc2cc(OCC)c(cc2OCC)Cc2cc(OCC)c(cc2OCC)Cc2cc(OCC)c(cc2OCC)Cc2cc(OCC)c(cc2OCC)C3)c1. The van der Waals surface area contributed by atoms with E-state index >= 15 is 0 Å². The average molecular weight is 1080 g/mol. The van der Waals surface area contributed by atoms with Gasteiger partial charge in [0.2, 0.25) is 0 Å². The highest BCUT2D eigenvalue weighted by atomic mass is 16.5. The summed E-state index contributed by atoms with van der Waals surface area (Å²) in [6.45, 7) is 22.1. The van der Waals surface area contributed by atoms with Crippen LogP contribution in [-0.2, 0) is 36.8 Å². The molecule has 11 nitrogen and oxygen atoms in total. The summed E-state index contributed by atoms with van der Waals surface area (Å²) in [5.41, 5.74) is 11.0. The number of ether oxygens (including phenoxy) is 9. The molecule has 11 heteroatoms. The van der Waals surface area contributed by atoms with Gasteiger partial charge in [-0.15, -0.1) is 0 Å². The van der Waals surface area contributed by atoms with E-state index in [-0.39, 0.29) is 11.7 Å². The number of hydrogen-bond donors (Lipinski definition) is 1. The molecule has 79 heavy (non-hydrogen) atoms. The van der Waals surface area contributed by atoms with Crippen LogP contribution in [0.25, 0.3) is 11.1 Å². The van der Waals surface area contributed by atoms with Gasteiger partial charge in [-0.05, 0) is 157 Å². The molecule has 10 aliphatic rings. The van der Waals surface area contributed by atoms with Gasteiger partial charge in [0.25, 0.3) is 0 Å². The highest BCUT2D eigenvalue weighted by Gasteiger charge is 2.24. The van der Waals surface area contributed by atoms with Crippen LogP contribution in [-0.4, -0.2) is 70.5 Å². The Balaban J connectivity index is 1.43. The normalized spacial score (nSPS) is 12.1. The molecule has 16 rings (SSSR count). The number of hydrogen-bond acceptors (Lipinski definition) is 11. The summed E-state index contributed by atoms with van der Waals surface area (Å²) < 4.78 is 57.7. The lowest BCUT2D eigenvalue weighted by atomic mass is 9.89. The lowest BCUT2D eigenvalue weighted by Gasteiger charge is -2.21. The Bertz CT molecular complexity index is 2940. The van der Waals surface area contributed by atoms with Crippen molar-refractivity contribution in [3.05, 3.63) is 146 Å². The van der Waals surface area contributed by atoms with Crippen LogP contribution in [0.2, 0.25) is 0 Å². The van der Waals surface area contributed by atoms with Crippen LogP contribution in [0.4, 0.5) is 0 Å². The highest BCUT2D eigenvalue weighted by Crippen LogP contribution is 2.43. The molecule has 0 heterocycles. The topological polar surface area (TPSA) is 120 Å². The van der Waals surface area contributed by atoms with Crippen molar-refractivity contribution in [3.8, 4) is 62.9 Å². The van der Waals surface area contributed by atoms with E-state index in [9.17, 15) is 9.90 Å². The maximum absolute atomic E-state index is 13.8. The van der Waals surface area contributed by atoms with Crippen LogP contribution in [0, 0.1) is 0 Å². The van der Waals surface area contributed by atoms with Gasteiger partial charge in [-0.3, -0.25) is 0 Å². The first kappa shape index (κ1) is 59.6. The second-order valence-electron chi connectivity index (χ2n) is 19.9. The molecular weight excluding hydrogens is 993 g/mol.